The quantitative estimate of drug-likeness (QED) is 0.675. The van der Waals surface area contributed by atoms with Gasteiger partial charge in [-0.05, 0) is 18.9 Å². The third kappa shape index (κ3) is 2.51. The fourth-order valence-corrected chi connectivity index (χ4v) is 2.56. The highest BCUT2D eigenvalue weighted by molar-refractivity contribution is 5.84. The van der Waals surface area contributed by atoms with Crippen molar-refractivity contribution < 1.29 is 9.72 Å². The number of hydrogen-bond acceptors (Lipinski definition) is 4. The zero-order valence-electron chi connectivity index (χ0n) is 11.9. The van der Waals surface area contributed by atoms with Gasteiger partial charge in [-0.25, -0.2) is 0 Å². The Bertz CT molecular complexity index is 544. The Kier molecular flexibility index (Phi) is 4.04. The summed E-state index contributed by atoms with van der Waals surface area (Å²) in [6.45, 7) is 3.73. The minimum absolute atomic E-state index is 0.0417. The second-order valence-corrected chi connectivity index (χ2v) is 5.16. The minimum atomic E-state index is -0.390. The van der Waals surface area contributed by atoms with Gasteiger partial charge >= 0.3 is 0 Å². The van der Waals surface area contributed by atoms with Gasteiger partial charge in [0.05, 0.1) is 11.0 Å². The van der Waals surface area contributed by atoms with Crippen molar-refractivity contribution in [1.82, 2.24) is 10.2 Å². The van der Waals surface area contributed by atoms with Crippen LogP contribution < -0.4 is 5.32 Å². The van der Waals surface area contributed by atoms with Crippen LogP contribution in [-0.4, -0.2) is 28.8 Å². The lowest BCUT2D eigenvalue weighted by molar-refractivity contribution is -0.385. The summed E-state index contributed by atoms with van der Waals surface area (Å²) in [7, 11) is 1.72. The van der Waals surface area contributed by atoms with Crippen LogP contribution in [0.25, 0.3) is 0 Å². The molecule has 2 rings (SSSR count). The number of nitrogens with zero attached hydrogens (tertiary/aromatic N) is 2. The molecule has 1 amide bonds. The normalized spacial score (nSPS) is 22.4. The van der Waals surface area contributed by atoms with Gasteiger partial charge in [0.15, 0.2) is 0 Å². The molecule has 1 aromatic rings. The average Bonchev–Trinajstić information content (AvgIpc) is 2.68. The summed E-state index contributed by atoms with van der Waals surface area (Å²) in [5, 5.41) is 14.3. The smallest absolute Gasteiger partial charge is 0.272 e. The maximum atomic E-state index is 12.1. The maximum absolute atomic E-state index is 12.1. The first-order valence-corrected chi connectivity index (χ1v) is 6.73. The molecule has 0 spiro atoms. The van der Waals surface area contributed by atoms with Crippen molar-refractivity contribution in [3.63, 3.8) is 0 Å². The van der Waals surface area contributed by atoms with Crippen LogP contribution in [0.3, 0.4) is 0 Å². The van der Waals surface area contributed by atoms with Gasteiger partial charge in [-0.15, -0.1) is 0 Å². The van der Waals surface area contributed by atoms with Crippen LogP contribution in [0.5, 0.6) is 0 Å². The number of aryl methyl sites for hydroxylation is 1. The third-order valence-corrected chi connectivity index (χ3v) is 3.72. The van der Waals surface area contributed by atoms with Crippen LogP contribution in [0.1, 0.15) is 37.1 Å². The topological polar surface area (TPSA) is 75.5 Å². The van der Waals surface area contributed by atoms with E-state index in [9.17, 15) is 14.9 Å². The molecule has 0 aliphatic carbocycles. The molecule has 2 atom stereocenters. The van der Waals surface area contributed by atoms with Crippen molar-refractivity contribution in [1.29, 1.82) is 0 Å². The van der Waals surface area contributed by atoms with E-state index in [2.05, 4.69) is 5.32 Å². The highest BCUT2D eigenvalue weighted by atomic mass is 16.6. The molecular weight excluding hydrogens is 258 g/mol. The fourth-order valence-electron chi connectivity index (χ4n) is 2.56. The van der Waals surface area contributed by atoms with Gasteiger partial charge in [0.25, 0.3) is 5.69 Å². The molecule has 2 unspecified atom stereocenters. The Morgan fingerprint density at radius 3 is 2.75 bits per heavy atom. The Labute approximate surface area is 117 Å². The Hall–Kier alpha value is -1.95. The number of hydrogen-bond donors (Lipinski definition) is 1. The summed E-state index contributed by atoms with van der Waals surface area (Å²) in [6, 6.07) is 4.90. The third-order valence-electron chi connectivity index (χ3n) is 3.72. The second kappa shape index (κ2) is 5.58. The molecule has 20 heavy (non-hydrogen) atoms. The Morgan fingerprint density at radius 2 is 2.15 bits per heavy atom. The molecule has 1 heterocycles. The lowest BCUT2D eigenvalue weighted by Gasteiger charge is -2.19. The van der Waals surface area contributed by atoms with E-state index < -0.39 is 0 Å². The lowest BCUT2D eigenvalue weighted by atomic mass is 10.1. The van der Waals surface area contributed by atoms with Crippen molar-refractivity contribution in [2.45, 2.75) is 38.9 Å². The summed E-state index contributed by atoms with van der Waals surface area (Å²) >= 11 is 0. The molecule has 1 aliphatic heterocycles. The van der Waals surface area contributed by atoms with Gasteiger partial charge in [-0.3, -0.25) is 20.2 Å². The number of nitro benzene ring substituents is 1. The van der Waals surface area contributed by atoms with E-state index in [1.807, 2.05) is 13.0 Å². The highest BCUT2D eigenvalue weighted by Gasteiger charge is 2.37. The van der Waals surface area contributed by atoms with Crippen LogP contribution in [0, 0.1) is 17.0 Å². The Morgan fingerprint density at radius 1 is 1.45 bits per heavy atom. The molecule has 1 fully saturated rings. The zero-order valence-corrected chi connectivity index (χ0v) is 11.9. The summed E-state index contributed by atoms with van der Waals surface area (Å²) in [5.41, 5.74) is 1.46. The van der Waals surface area contributed by atoms with E-state index in [1.54, 1.807) is 31.0 Å². The molecule has 1 N–H and O–H groups in total. The van der Waals surface area contributed by atoms with E-state index in [-0.39, 0.29) is 28.7 Å². The largest absolute Gasteiger partial charge is 0.325 e. The predicted octanol–water partition coefficient (Wildman–Crippen LogP) is 2.13. The van der Waals surface area contributed by atoms with Gasteiger partial charge in [-0.1, -0.05) is 25.5 Å². The number of nitrogens with one attached hydrogen (secondary N) is 1. The molecule has 0 saturated carbocycles. The molecule has 0 bridgehead atoms. The van der Waals surface area contributed by atoms with Gasteiger partial charge < -0.3 is 4.90 Å². The van der Waals surface area contributed by atoms with Crippen LogP contribution in [0.4, 0.5) is 5.69 Å². The van der Waals surface area contributed by atoms with E-state index in [1.165, 1.54) is 0 Å². The predicted molar refractivity (Wildman–Crippen MR) is 75.2 cm³/mol. The fraction of sp³-hybridized carbons (Fsp3) is 0.500. The van der Waals surface area contributed by atoms with Crippen molar-refractivity contribution in [2.75, 3.05) is 7.05 Å². The van der Waals surface area contributed by atoms with Gasteiger partial charge in [0.2, 0.25) is 5.91 Å². The molecule has 1 saturated heterocycles. The zero-order chi connectivity index (χ0) is 14.9. The molecular formula is C14H19N3O3. The van der Waals surface area contributed by atoms with Crippen LogP contribution >= 0.6 is 0 Å². The number of benzene rings is 1. The second-order valence-electron chi connectivity index (χ2n) is 5.16. The maximum Gasteiger partial charge on any atom is 0.272 e. The first-order valence-electron chi connectivity index (χ1n) is 6.73. The van der Waals surface area contributed by atoms with E-state index in [0.717, 1.165) is 18.4 Å². The van der Waals surface area contributed by atoms with Crippen molar-refractivity contribution >= 4 is 11.6 Å². The molecule has 6 nitrogen and oxygen atoms in total. The van der Waals surface area contributed by atoms with Crippen molar-refractivity contribution in [3.8, 4) is 0 Å². The number of nitro groups is 1. The van der Waals surface area contributed by atoms with Crippen LogP contribution in [-0.2, 0) is 4.79 Å². The minimum Gasteiger partial charge on any atom is -0.325 e. The van der Waals surface area contributed by atoms with E-state index >= 15 is 0 Å². The first-order chi connectivity index (χ1) is 9.45. The van der Waals surface area contributed by atoms with Crippen molar-refractivity contribution in [2.24, 2.45) is 0 Å². The van der Waals surface area contributed by atoms with Gasteiger partial charge in [-0.2, -0.15) is 0 Å². The van der Waals surface area contributed by atoms with E-state index in [0.29, 0.717) is 5.56 Å². The SMILES string of the molecule is CCCC1NC(c2ccc(C)c([N+](=O)[O-])c2)N(C)C1=O. The molecule has 0 radical (unpaired) electrons. The molecule has 1 aliphatic rings. The summed E-state index contributed by atoms with van der Waals surface area (Å²) < 4.78 is 0. The number of carbonyl (C=O) groups excluding carboxylic acids is 1. The van der Waals surface area contributed by atoms with E-state index in [4.69, 9.17) is 0 Å². The molecule has 1 aromatic carbocycles. The van der Waals surface area contributed by atoms with Gasteiger partial charge in [0.1, 0.15) is 6.17 Å². The number of amides is 1. The number of carbonyl (C=O) groups is 1. The van der Waals surface area contributed by atoms with Gasteiger partial charge in [0, 0.05) is 18.7 Å². The lowest BCUT2D eigenvalue weighted by Crippen LogP contribution is -2.28. The average molecular weight is 277 g/mol. The van der Waals surface area contributed by atoms with Crippen LogP contribution in [0.15, 0.2) is 18.2 Å². The molecule has 6 heteroatoms. The van der Waals surface area contributed by atoms with Crippen LogP contribution in [0.2, 0.25) is 0 Å². The number of rotatable bonds is 4. The summed E-state index contributed by atoms with van der Waals surface area (Å²) in [6.07, 6.45) is 1.39. The number of likely N-dealkylation sites (N-methyl/N-ethyl adjacent to an activating group) is 1. The summed E-state index contributed by atoms with van der Waals surface area (Å²) in [5.74, 6) is 0.0417. The monoisotopic (exact) mass is 277 g/mol. The highest BCUT2D eigenvalue weighted by Crippen LogP contribution is 2.29. The molecule has 108 valence electrons. The summed E-state index contributed by atoms with van der Waals surface area (Å²) in [4.78, 5) is 24.3. The first kappa shape index (κ1) is 14.5. The molecule has 0 aromatic heterocycles. The Balaban J connectivity index is 2.30. The standard InChI is InChI=1S/C14H19N3O3/c1-4-5-11-14(18)16(3)13(15-11)10-7-6-9(2)12(8-10)17(19)20/h6-8,11,13,15H,4-5H2,1-3H3. The van der Waals surface area contributed by atoms with Crippen molar-refractivity contribution in [3.05, 3.63) is 39.4 Å².